The Labute approximate surface area is 199 Å². The molecule has 2 aliphatic heterocycles. The van der Waals surface area contributed by atoms with Gasteiger partial charge in [-0.05, 0) is 70.3 Å². The highest BCUT2D eigenvalue weighted by molar-refractivity contribution is 5.72. The van der Waals surface area contributed by atoms with E-state index in [1.807, 2.05) is 18.2 Å². The molecule has 4 unspecified atom stereocenters. The maximum atomic E-state index is 10.7. The molecule has 2 aromatic heterocycles. The van der Waals surface area contributed by atoms with E-state index in [9.17, 15) is 5.11 Å². The number of benzene rings is 1. The maximum Gasteiger partial charge on any atom is 0.319 e. The number of nitrogens with zero attached hydrogens (tertiary/aromatic N) is 6. The first-order valence-corrected chi connectivity index (χ1v) is 11.6. The van der Waals surface area contributed by atoms with Gasteiger partial charge in [0.1, 0.15) is 17.9 Å². The van der Waals surface area contributed by atoms with Crippen molar-refractivity contribution in [3.8, 4) is 34.4 Å². The number of aromatic nitrogens is 5. The molecule has 2 bridgehead atoms. The Morgan fingerprint density at radius 2 is 1.94 bits per heavy atom. The number of hydrogen-bond donors (Lipinski definition) is 2. The molecule has 2 saturated heterocycles. The fraction of sp³-hybridized carbons (Fsp3) is 0.480. The van der Waals surface area contributed by atoms with Crippen molar-refractivity contribution in [2.45, 2.75) is 57.2 Å². The highest BCUT2D eigenvalue weighted by atomic mass is 16.5. The molecule has 1 aromatic carbocycles. The van der Waals surface area contributed by atoms with Gasteiger partial charge in [0.25, 0.3) is 0 Å². The number of rotatable bonds is 5. The van der Waals surface area contributed by atoms with Gasteiger partial charge in [0, 0.05) is 28.2 Å². The summed E-state index contributed by atoms with van der Waals surface area (Å²) in [5.74, 6) is 1.74. The van der Waals surface area contributed by atoms with E-state index in [0.29, 0.717) is 34.6 Å². The molecule has 2 fully saturated rings. The van der Waals surface area contributed by atoms with Gasteiger partial charge in [-0.1, -0.05) is 13.0 Å². The standard InChI is InChI=1S/C25H31N7O2/c1-15-19(13-24(2)10-11-25(15,3)32(24)4)28-21-9-8-18(30-31-21)17-7-6-16(12-20(17)33)22-26-14-27-23(29-22)34-5/h6-9,12,14-15,19,33H,10-11,13H2,1-5H3,(H,28,31). The van der Waals surface area contributed by atoms with Crippen LogP contribution in [0.15, 0.2) is 36.7 Å². The summed E-state index contributed by atoms with van der Waals surface area (Å²) in [6, 6.07) is 9.59. The highest BCUT2D eigenvalue weighted by Crippen LogP contribution is 2.52. The van der Waals surface area contributed by atoms with Crippen LogP contribution >= 0.6 is 0 Å². The summed E-state index contributed by atoms with van der Waals surface area (Å²) < 4.78 is 5.05. The molecule has 9 heteroatoms. The zero-order valence-electron chi connectivity index (χ0n) is 20.3. The van der Waals surface area contributed by atoms with Crippen molar-refractivity contribution in [2.24, 2.45) is 5.92 Å². The largest absolute Gasteiger partial charge is 0.507 e. The lowest BCUT2D eigenvalue weighted by molar-refractivity contribution is -0.00803. The number of nitrogens with one attached hydrogen (secondary N) is 1. The van der Waals surface area contributed by atoms with Crippen LogP contribution in [0.1, 0.15) is 40.0 Å². The predicted molar refractivity (Wildman–Crippen MR) is 130 cm³/mol. The molecule has 4 atom stereocenters. The van der Waals surface area contributed by atoms with Crippen molar-refractivity contribution < 1.29 is 9.84 Å². The first-order chi connectivity index (χ1) is 16.2. The average Bonchev–Trinajstić information content (AvgIpc) is 3.02. The van der Waals surface area contributed by atoms with Gasteiger partial charge in [-0.3, -0.25) is 4.90 Å². The number of piperidine rings is 1. The zero-order chi connectivity index (χ0) is 24.1. The zero-order valence-corrected chi connectivity index (χ0v) is 20.3. The van der Waals surface area contributed by atoms with E-state index < -0.39 is 0 Å². The Morgan fingerprint density at radius 1 is 1.12 bits per heavy atom. The molecule has 9 nitrogen and oxygen atoms in total. The summed E-state index contributed by atoms with van der Waals surface area (Å²) in [7, 11) is 3.76. The molecule has 2 aliphatic rings. The number of hydrogen-bond acceptors (Lipinski definition) is 9. The lowest BCUT2D eigenvalue weighted by Crippen LogP contribution is -2.62. The SMILES string of the molecule is COc1ncnc(-c2ccc(-c3ccc(NC4CC5(C)CCC(C)(C4C)N5C)nn3)c(O)c2)n1. The van der Waals surface area contributed by atoms with Crippen LogP contribution in [0.5, 0.6) is 11.8 Å². The van der Waals surface area contributed by atoms with Gasteiger partial charge in [0.15, 0.2) is 5.82 Å². The predicted octanol–water partition coefficient (Wildman–Crippen LogP) is 3.77. The Morgan fingerprint density at radius 3 is 2.65 bits per heavy atom. The Hall–Kier alpha value is -3.33. The van der Waals surface area contributed by atoms with Crippen LogP contribution in [0.3, 0.4) is 0 Å². The average molecular weight is 462 g/mol. The third-order valence-electron chi connectivity index (χ3n) is 8.25. The molecule has 2 N–H and O–H groups in total. The summed E-state index contributed by atoms with van der Waals surface area (Å²) in [6.07, 6.45) is 4.89. The maximum absolute atomic E-state index is 10.7. The molecule has 0 spiro atoms. The number of methoxy groups -OCH3 is 1. The second kappa shape index (κ2) is 8.16. The lowest BCUT2D eigenvalue weighted by atomic mass is 9.74. The summed E-state index contributed by atoms with van der Waals surface area (Å²) in [6.45, 7) is 7.08. The van der Waals surface area contributed by atoms with E-state index in [1.165, 1.54) is 26.3 Å². The van der Waals surface area contributed by atoms with Crippen LogP contribution in [0.25, 0.3) is 22.6 Å². The topological polar surface area (TPSA) is 109 Å². The van der Waals surface area contributed by atoms with E-state index in [4.69, 9.17) is 4.74 Å². The Balaban J connectivity index is 1.34. The second-order valence-corrected chi connectivity index (χ2v) is 9.99. The quantitative estimate of drug-likeness (QED) is 0.587. The van der Waals surface area contributed by atoms with E-state index in [2.05, 4.69) is 63.2 Å². The van der Waals surface area contributed by atoms with Crippen LogP contribution in [0.4, 0.5) is 5.82 Å². The molecular formula is C25H31N7O2. The lowest BCUT2D eigenvalue weighted by Gasteiger charge is -2.53. The number of fused-ring (bicyclic) bond motifs is 2. The molecule has 5 rings (SSSR count). The summed E-state index contributed by atoms with van der Waals surface area (Å²) >= 11 is 0. The molecule has 0 amide bonds. The molecule has 34 heavy (non-hydrogen) atoms. The summed E-state index contributed by atoms with van der Waals surface area (Å²) in [5.41, 5.74) is 2.24. The van der Waals surface area contributed by atoms with Gasteiger partial charge >= 0.3 is 6.01 Å². The number of aromatic hydroxyl groups is 1. The van der Waals surface area contributed by atoms with Gasteiger partial charge in [-0.15, -0.1) is 10.2 Å². The van der Waals surface area contributed by atoms with Crippen LogP contribution in [-0.2, 0) is 0 Å². The van der Waals surface area contributed by atoms with Gasteiger partial charge in [-0.2, -0.15) is 9.97 Å². The first kappa shape index (κ1) is 22.5. The molecular weight excluding hydrogens is 430 g/mol. The highest BCUT2D eigenvalue weighted by Gasteiger charge is 2.57. The van der Waals surface area contributed by atoms with Crippen LogP contribution in [-0.4, -0.2) is 66.4 Å². The molecule has 0 aliphatic carbocycles. The molecule has 3 aromatic rings. The van der Waals surface area contributed by atoms with Crippen molar-refractivity contribution >= 4 is 5.82 Å². The molecule has 0 saturated carbocycles. The van der Waals surface area contributed by atoms with Gasteiger partial charge in [-0.25, -0.2) is 4.98 Å². The molecule has 0 radical (unpaired) electrons. The van der Waals surface area contributed by atoms with Crippen molar-refractivity contribution in [2.75, 3.05) is 19.5 Å². The van der Waals surface area contributed by atoms with Gasteiger partial charge in [0.2, 0.25) is 0 Å². The fourth-order valence-corrected chi connectivity index (χ4v) is 5.66. The fourth-order valence-electron chi connectivity index (χ4n) is 5.66. The number of anilines is 1. The smallest absolute Gasteiger partial charge is 0.319 e. The summed E-state index contributed by atoms with van der Waals surface area (Å²) in [4.78, 5) is 14.9. The van der Waals surface area contributed by atoms with Gasteiger partial charge < -0.3 is 15.2 Å². The Bertz CT molecular complexity index is 1200. The normalized spacial score (nSPS) is 28.6. The van der Waals surface area contributed by atoms with Crippen LogP contribution < -0.4 is 10.1 Å². The second-order valence-electron chi connectivity index (χ2n) is 9.99. The van der Waals surface area contributed by atoms with E-state index in [0.717, 1.165) is 12.2 Å². The van der Waals surface area contributed by atoms with Crippen molar-refractivity contribution in [1.82, 2.24) is 30.0 Å². The summed E-state index contributed by atoms with van der Waals surface area (Å²) in [5, 5.41) is 23.1. The number of ether oxygens (including phenoxy) is 1. The van der Waals surface area contributed by atoms with Crippen molar-refractivity contribution in [3.63, 3.8) is 0 Å². The Kier molecular flexibility index (Phi) is 5.39. The molecule has 4 heterocycles. The van der Waals surface area contributed by atoms with E-state index >= 15 is 0 Å². The number of phenols is 1. The van der Waals surface area contributed by atoms with E-state index in [1.54, 1.807) is 12.1 Å². The van der Waals surface area contributed by atoms with Crippen LogP contribution in [0, 0.1) is 5.92 Å². The number of phenolic OH excluding ortho intramolecular Hbond substituents is 1. The van der Waals surface area contributed by atoms with Crippen molar-refractivity contribution in [3.05, 3.63) is 36.7 Å². The van der Waals surface area contributed by atoms with Crippen molar-refractivity contribution in [1.29, 1.82) is 0 Å². The van der Waals surface area contributed by atoms with E-state index in [-0.39, 0.29) is 22.8 Å². The monoisotopic (exact) mass is 461 g/mol. The first-order valence-electron chi connectivity index (χ1n) is 11.6. The van der Waals surface area contributed by atoms with Gasteiger partial charge in [0.05, 0.1) is 12.8 Å². The minimum atomic E-state index is 0.0771. The third kappa shape index (κ3) is 3.64. The van der Waals surface area contributed by atoms with Crippen LogP contribution in [0.2, 0.25) is 0 Å². The minimum absolute atomic E-state index is 0.0771. The minimum Gasteiger partial charge on any atom is -0.507 e. The molecule has 178 valence electrons. The third-order valence-corrected chi connectivity index (χ3v) is 8.25.